The average molecular weight is 574 g/mol. The van der Waals surface area contributed by atoms with Gasteiger partial charge in [-0.3, -0.25) is 0 Å². The van der Waals surface area contributed by atoms with Crippen LogP contribution in [0, 0.1) is 0 Å². The van der Waals surface area contributed by atoms with Crippen LogP contribution in [0.4, 0.5) is 17.1 Å². The number of para-hydroxylation sites is 1. The lowest BCUT2D eigenvalue weighted by Gasteiger charge is -2.27. The predicted octanol–water partition coefficient (Wildman–Crippen LogP) is 12.5. The van der Waals surface area contributed by atoms with Crippen LogP contribution in [-0.4, -0.2) is 0 Å². The molecule has 0 saturated heterocycles. The van der Waals surface area contributed by atoms with Crippen LogP contribution in [0.25, 0.3) is 66.0 Å². The van der Waals surface area contributed by atoms with Gasteiger partial charge in [0.05, 0.1) is 8.43 Å². The molecule has 0 radical (unpaired) electrons. The molecule has 0 amide bonds. The third kappa shape index (κ3) is 4.24. The van der Waals surface area contributed by atoms with Crippen LogP contribution >= 0.6 is 0 Å². The predicted molar refractivity (Wildman–Crippen MR) is 195 cm³/mol. The summed E-state index contributed by atoms with van der Waals surface area (Å²) in [5.74, 6) is 0. The molecule has 0 aliphatic heterocycles. The van der Waals surface area contributed by atoms with Crippen molar-refractivity contribution in [2.24, 2.45) is 0 Å². The van der Waals surface area contributed by atoms with E-state index in [0.717, 1.165) is 38.8 Å². The first kappa shape index (κ1) is 23.5. The van der Waals surface area contributed by atoms with Crippen molar-refractivity contribution >= 4 is 83.0 Å². The first-order valence-electron chi connectivity index (χ1n) is 16.4. The van der Waals surface area contributed by atoms with Gasteiger partial charge in [-0.05, 0) is 89.9 Å². The Morgan fingerprint density at radius 1 is 0.400 bits per heavy atom. The number of hydrogen-bond donors (Lipinski definition) is 0. The maximum Gasteiger partial charge on any atom is 0.0629 e. The molecule has 0 N–H and O–H groups in total. The van der Waals surface area contributed by atoms with Gasteiger partial charge in [-0.25, -0.2) is 0 Å². The summed E-state index contributed by atoms with van der Waals surface area (Å²) in [6, 6.07) is 57.3. The molecule has 9 aromatic rings. The van der Waals surface area contributed by atoms with Crippen molar-refractivity contribution in [3.05, 3.63) is 175 Å². The minimum Gasteiger partial charge on any atom is -0.310 e. The van der Waals surface area contributed by atoms with E-state index < -0.39 is 0 Å². The SMILES string of the molecule is [2H]/C(=C(/[2H])c1ccc2ccc3cccc4ccc1c2c34)c1ccc(N(c2ccccc2)c2cc3ccccc3c3ccccc23)cc1. The zero-order valence-electron chi connectivity index (χ0n) is 26.5. The molecule has 210 valence electrons. The van der Waals surface area contributed by atoms with Crippen molar-refractivity contribution < 1.29 is 2.74 Å². The van der Waals surface area contributed by atoms with E-state index in [1.165, 1.54) is 37.7 Å². The van der Waals surface area contributed by atoms with E-state index in [2.05, 4.69) is 144 Å². The van der Waals surface area contributed by atoms with Gasteiger partial charge >= 0.3 is 0 Å². The Bertz CT molecular complexity index is 2620. The molecule has 45 heavy (non-hydrogen) atoms. The fourth-order valence-corrected chi connectivity index (χ4v) is 6.90. The van der Waals surface area contributed by atoms with Crippen LogP contribution in [0.15, 0.2) is 164 Å². The Balaban J connectivity index is 1.18. The zero-order valence-corrected chi connectivity index (χ0v) is 24.5. The molecule has 0 heterocycles. The monoisotopic (exact) mass is 573 g/mol. The van der Waals surface area contributed by atoms with E-state index in [1.807, 2.05) is 24.3 Å². The molecule has 0 fully saturated rings. The summed E-state index contributed by atoms with van der Waals surface area (Å²) in [5.41, 5.74) is 4.62. The minimum atomic E-state index is 0.203. The number of rotatable bonds is 5. The summed E-state index contributed by atoms with van der Waals surface area (Å²) < 4.78 is 18.4. The molecule has 0 saturated carbocycles. The highest BCUT2D eigenvalue weighted by molar-refractivity contribution is 6.24. The molecule has 0 bridgehead atoms. The van der Waals surface area contributed by atoms with Crippen LogP contribution < -0.4 is 4.90 Å². The Labute approximate surface area is 265 Å². The Hall–Kier alpha value is -5.92. The van der Waals surface area contributed by atoms with Gasteiger partial charge in [0, 0.05) is 16.8 Å². The second-order valence-electron chi connectivity index (χ2n) is 11.6. The number of anilines is 3. The standard InChI is InChI=1S/C44H29N/c1-2-12-36(13-3-1)45(42-29-35-9-4-5-14-38(35)40-15-6-7-16-41(40)42)37-26-18-30(19-27-37)17-20-31-21-22-34-24-23-32-10-8-11-33-25-28-39(31)44(34)43(32)33/h1-29H/b20-17+/i17D,20D. The molecule has 0 aliphatic rings. The first-order chi connectivity index (χ1) is 23.2. The number of nitrogens with zero attached hydrogens (tertiary/aromatic N) is 1. The van der Waals surface area contributed by atoms with E-state index in [9.17, 15) is 2.74 Å². The molecular weight excluding hydrogens is 542 g/mol. The lowest BCUT2D eigenvalue weighted by molar-refractivity contribution is 1.30. The Kier molecular flexibility index (Phi) is 5.42. The summed E-state index contributed by atoms with van der Waals surface area (Å²) in [6.07, 6.45) is 0. The third-order valence-corrected chi connectivity index (χ3v) is 9.00. The van der Waals surface area contributed by atoms with Gasteiger partial charge in [-0.2, -0.15) is 0 Å². The van der Waals surface area contributed by atoms with E-state index in [-0.39, 0.29) is 12.1 Å². The van der Waals surface area contributed by atoms with Crippen molar-refractivity contribution in [2.75, 3.05) is 4.90 Å². The second kappa shape index (κ2) is 10.4. The smallest absolute Gasteiger partial charge is 0.0629 e. The van der Waals surface area contributed by atoms with Gasteiger partial charge in [-0.1, -0.05) is 146 Å². The largest absolute Gasteiger partial charge is 0.310 e. The molecule has 0 aliphatic carbocycles. The summed E-state index contributed by atoms with van der Waals surface area (Å²) in [6.45, 7) is 0. The lowest BCUT2D eigenvalue weighted by Crippen LogP contribution is -2.10. The van der Waals surface area contributed by atoms with Crippen LogP contribution in [0.5, 0.6) is 0 Å². The number of benzene rings is 9. The molecule has 9 rings (SSSR count). The summed E-state index contributed by atoms with van der Waals surface area (Å²) in [7, 11) is 0. The molecule has 0 unspecified atom stereocenters. The summed E-state index contributed by atoms with van der Waals surface area (Å²) in [4.78, 5) is 2.29. The maximum atomic E-state index is 9.23. The fourth-order valence-electron chi connectivity index (χ4n) is 6.90. The van der Waals surface area contributed by atoms with Crippen molar-refractivity contribution in [2.45, 2.75) is 0 Å². The zero-order chi connectivity index (χ0) is 31.5. The topological polar surface area (TPSA) is 3.24 Å². The van der Waals surface area contributed by atoms with Crippen molar-refractivity contribution in [1.82, 2.24) is 0 Å². The average Bonchev–Trinajstić information content (AvgIpc) is 3.14. The van der Waals surface area contributed by atoms with Crippen LogP contribution in [-0.2, 0) is 0 Å². The molecule has 0 spiro atoms. The summed E-state index contributed by atoms with van der Waals surface area (Å²) in [5, 5.41) is 11.7. The quantitative estimate of drug-likeness (QED) is 0.146. The highest BCUT2D eigenvalue weighted by atomic mass is 15.1. The van der Waals surface area contributed by atoms with Crippen molar-refractivity contribution in [1.29, 1.82) is 0 Å². The van der Waals surface area contributed by atoms with Crippen LogP contribution in [0.3, 0.4) is 0 Å². The van der Waals surface area contributed by atoms with Crippen LogP contribution in [0.2, 0.25) is 0 Å². The highest BCUT2D eigenvalue weighted by Crippen LogP contribution is 2.42. The summed E-state index contributed by atoms with van der Waals surface area (Å²) >= 11 is 0. The number of fused-ring (bicyclic) bond motifs is 3. The van der Waals surface area contributed by atoms with E-state index in [1.54, 1.807) is 0 Å². The van der Waals surface area contributed by atoms with E-state index in [4.69, 9.17) is 0 Å². The molecular formula is C44H29N. The minimum absolute atomic E-state index is 0.203. The first-order valence-corrected chi connectivity index (χ1v) is 15.4. The maximum absolute atomic E-state index is 9.23. The molecule has 0 aromatic heterocycles. The molecule has 1 nitrogen and oxygen atoms in total. The van der Waals surface area contributed by atoms with E-state index >= 15 is 0 Å². The van der Waals surface area contributed by atoms with Gasteiger partial charge < -0.3 is 4.90 Å². The molecule has 9 aromatic carbocycles. The van der Waals surface area contributed by atoms with Crippen LogP contribution in [0.1, 0.15) is 13.9 Å². The van der Waals surface area contributed by atoms with Crippen molar-refractivity contribution in [3.63, 3.8) is 0 Å². The van der Waals surface area contributed by atoms with Gasteiger partial charge in [-0.15, -0.1) is 0 Å². The van der Waals surface area contributed by atoms with Gasteiger partial charge in [0.15, 0.2) is 0 Å². The fraction of sp³-hybridized carbons (Fsp3) is 0. The van der Waals surface area contributed by atoms with Gasteiger partial charge in [0.25, 0.3) is 0 Å². The Morgan fingerprint density at radius 3 is 1.80 bits per heavy atom. The third-order valence-electron chi connectivity index (χ3n) is 9.00. The van der Waals surface area contributed by atoms with Gasteiger partial charge in [0.2, 0.25) is 0 Å². The lowest BCUT2D eigenvalue weighted by atomic mass is 9.92. The van der Waals surface area contributed by atoms with Crippen molar-refractivity contribution in [3.8, 4) is 0 Å². The van der Waals surface area contributed by atoms with E-state index in [0.29, 0.717) is 5.56 Å². The highest BCUT2D eigenvalue weighted by Gasteiger charge is 2.17. The Morgan fingerprint density at radius 2 is 1.00 bits per heavy atom. The second-order valence-corrected chi connectivity index (χ2v) is 11.6. The molecule has 1 heteroatoms. The normalized spacial score (nSPS) is 13.0. The van der Waals surface area contributed by atoms with Gasteiger partial charge in [0.1, 0.15) is 0 Å². The molecule has 0 atom stereocenters. The number of hydrogen-bond acceptors (Lipinski definition) is 1.